The lowest BCUT2D eigenvalue weighted by Gasteiger charge is -1.82. The Morgan fingerprint density at radius 2 is 2.38 bits per heavy atom. The van der Waals surface area contributed by atoms with Crippen molar-refractivity contribution in [1.82, 2.24) is 14.8 Å². The smallest absolute Gasteiger partial charge is 0.218 e. The lowest BCUT2D eigenvalue weighted by molar-refractivity contribution is 0.738. The van der Waals surface area contributed by atoms with Gasteiger partial charge < -0.3 is 0 Å². The normalized spacial score (nSPS) is 9.88. The van der Waals surface area contributed by atoms with Crippen LogP contribution in [0.25, 0.3) is 0 Å². The van der Waals surface area contributed by atoms with Gasteiger partial charge in [-0.1, -0.05) is 0 Å². The van der Waals surface area contributed by atoms with Crippen LogP contribution in [0.4, 0.5) is 0 Å². The van der Waals surface area contributed by atoms with Crippen molar-refractivity contribution in [1.29, 1.82) is 0 Å². The molecule has 0 bridgehead atoms. The summed E-state index contributed by atoms with van der Waals surface area (Å²) in [5.74, 6) is 0. The number of rotatable bonds is 0. The van der Waals surface area contributed by atoms with Crippen LogP contribution in [0.3, 0.4) is 0 Å². The minimum absolute atomic E-state index is 0.643. The van der Waals surface area contributed by atoms with Gasteiger partial charge >= 0.3 is 0 Å². The van der Waals surface area contributed by atoms with Crippen molar-refractivity contribution in [2.24, 2.45) is 7.05 Å². The van der Waals surface area contributed by atoms with Crippen molar-refractivity contribution >= 4 is 38.5 Å². The Morgan fingerprint density at radius 3 is 2.50 bits per heavy atom. The molecule has 0 amide bonds. The van der Waals surface area contributed by atoms with E-state index in [1.165, 1.54) is 0 Å². The quantitative estimate of drug-likeness (QED) is 0.671. The van der Waals surface area contributed by atoms with Gasteiger partial charge in [-0.3, -0.25) is 0 Å². The second kappa shape index (κ2) is 2.30. The van der Waals surface area contributed by atoms with Crippen LogP contribution >= 0.6 is 38.5 Å². The molecule has 1 heterocycles. The Balaban J connectivity index is 3.14. The molecule has 0 aliphatic heterocycles. The maximum absolute atomic E-state index is 3.97. The number of hydrogen-bond acceptors (Lipinski definition) is 2. The molecule has 3 nitrogen and oxygen atoms in total. The van der Waals surface area contributed by atoms with E-state index in [1.54, 1.807) is 4.68 Å². The van der Waals surface area contributed by atoms with E-state index >= 15 is 0 Å². The molecule has 0 saturated carbocycles. The summed E-state index contributed by atoms with van der Waals surface area (Å²) < 4.78 is 3.23. The molecule has 0 saturated heterocycles. The predicted octanol–water partition coefficient (Wildman–Crippen LogP) is 1.18. The van der Waals surface area contributed by atoms with Crippen molar-refractivity contribution in [3.05, 3.63) is 8.56 Å². The third-order valence-electron chi connectivity index (χ3n) is 0.684. The standard InChI is InChI=1S/C3H3BrIN3/c1-8-3(5)6-2(4)7-8/h1H3. The van der Waals surface area contributed by atoms with Gasteiger partial charge in [-0.05, 0) is 15.9 Å². The number of aromatic nitrogens is 3. The van der Waals surface area contributed by atoms with Crippen LogP contribution in [0, 0.1) is 3.83 Å². The summed E-state index contributed by atoms with van der Waals surface area (Å²) in [6, 6.07) is 0. The molecular formula is C3H3BrIN3. The van der Waals surface area contributed by atoms with Gasteiger partial charge in [0.15, 0.2) is 3.83 Å². The van der Waals surface area contributed by atoms with Crippen LogP contribution in [0.15, 0.2) is 4.73 Å². The molecule has 0 unspecified atom stereocenters. The van der Waals surface area contributed by atoms with E-state index in [0.29, 0.717) is 4.73 Å². The number of nitrogens with zero attached hydrogens (tertiary/aromatic N) is 3. The summed E-state index contributed by atoms with van der Waals surface area (Å²) >= 11 is 5.24. The molecule has 1 aromatic heterocycles. The van der Waals surface area contributed by atoms with Crippen LogP contribution < -0.4 is 0 Å². The summed E-state index contributed by atoms with van der Waals surface area (Å²) in [4.78, 5) is 3.97. The van der Waals surface area contributed by atoms with Crippen LogP contribution in [-0.4, -0.2) is 14.8 Å². The summed E-state index contributed by atoms with van der Waals surface area (Å²) in [6.07, 6.45) is 0. The van der Waals surface area contributed by atoms with Crippen molar-refractivity contribution in [2.45, 2.75) is 0 Å². The summed E-state index contributed by atoms with van der Waals surface area (Å²) in [5, 5.41) is 3.93. The first kappa shape index (κ1) is 6.47. The number of halogens is 2. The van der Waals surface area contributed by atoms with E-state index in [4.69, 9.17) is 0 Å². The molecule has 0 radical (unpaired) electrons. The van der Waals surface area contributed by atoms with Gasteiger partial charge in [-0.25, -0.2) is 4.68 Å². The van der Waals surface area contributed by atoms with E-state index in [0.717, 1.165) is 3.83 Å². The largest absolute Gasteiger partial charge is 0.243 e. The average Bonchev–Trinajstić information content (AvgIpc) is 1.85. The summed E-state index contributed by atoms with van der Waals surface area (Å²) in [6.45, 7) is 0. The summed E-state index contributed by atoms with van der Waals surface area (Å²) in [7, 11) is 1.85. The van der Waals surface area contributed by atoms with Gasteiger partial charge in [0, 0.05) is 29.6 Å². The van der Waals surface area contributed by atoms with Crippen molar-refractivity contribution in [2.75, 3.05) is 0 Å². The van der Waals surface area contributed by atoms with E-state index in [9.17, 15) is 0 Å². The van der Waals surface area contributed by atoms with E-state index in [1.807, 2.05) is 7.05 Å². The number of aryl methyl sites for hydroxylation is 1. The average molecular weight is 288 g/mol. The fraction of sp³-hybridized carbons (Fsp3) is 0.333. The van der Waals surface area contributed by atoms with Crippen LogP contribution in [0.2, 0.25) is 0 Å². The van der Waals surface area contributed by atoms with Gasteiger partial charge in [0.1, 0.15) is 0 Å². The topological polar surface area (TPSA) is 30.7 Å². The van der Waals surface area contributed by atoms with E-state index in [2.05, 4.69) is 48.6 Å². The SMILES string of the molecule is Cn1nc(Br)nc1I. The zero-order chi connectivity index (χ0) is 6.15. The Kier molecular flexibility index (Phi) is 1.86. The van der Waals surface area contributed by atoms with Crippen LogP contribution in [0.5, 0.6) is 0 Å². The van der Waals surface area contributed by atoms with Gasteiger partial charge in [-0.2, -0.15) is 4.98 Å². The molecule has 1 aromatic rings. The Labute approximate surface area is 68.8 Å². The lowest BCUT2D eigenvalue weighted by Crippen LogP contribution is -1.91. The molecule has 0 spiro atoms. The molecule has 0 aliphatic rings. The fourth-order valence-electron chi connectivity index (χ4n) is 0.336. The zero-order valence-corrected chi connectivity index (χ0v) is 7.84. The Bertz CT molecular complexity index is 177. The van der Waals surface area contributed by atoms with Crippen molar-refractivity contribution in [3.63, 3.8) is 0 Å². The van der Waals surface area contributed by atoms with Crippen molar-refractivity contribution < 1.29 is 0 Å². The van der Waals surface area contributed by atoms with Gasteiger partial charge in [0.25, 0.3) is 0 Å². The third kappa shape index (κ3) is 1.19. The molecule has 5 heteroatoms. The Morgan fingerprint density at radius 1 is 1.75 bits per heavy atom. The molecular weight excluding hydrogens is 285 g/mol. The molecule has 0 atom stereocenters. The minimum Gasteiger partial charge on any atom is -0.243 e. The van der Waals surface area contributed by atoms with E-state index < -0.39 is 0 Å². The highest BCUT2D eigenvalue weighted by molar-refractivity contribution is 14.1. The minimum atomic E-state index is 0.643. The van der Waals surface area contributed by atoms with Crippen LogP contribution in [-0.2, 0) is 7.05 Å². The Hall–Kier alpha value is 0.350. The van der Waals surface area contributed by atoms with E-state index in [-0.39, 0.29) is 0 Å². The highest BCUT2D eigenvalue weighted by atomic mass is 127. The summed E-state index contributed by atoms with van der Waals surface area (Å²) in [5.41, 5.74) is 0. The van der Waals surface area contributed by atoms with Crippen LogP contribution in [0.1, 0.15) is 0 Å². The first-order chi connectivity index (χ1) is 3.70. The zero-order valence-electron chi connectivity index (χ0n) is 4.10. The second-order valence-electron chi connectivity index (χ2n) is 1.27. The molecule has 1 rings (SSSR count). The molecule has 0 aromatic carbocycles. The number of hydrogen-bond donors (Lipinski definition) is 0. The van der Waals surface area contributed by atoms with Crippen molar-refractivity contribution in [3.8, 4) is 0 Å². The lowest BCUT2D eigenvalue weighted by atomic mass is 11.2. The highest BCUT2D eigenvalue weighted by Gasteiger charge is 1.96. The predicted molar refractivity (Wildman–Crippen MR) is 41.4 cm³/mol. The monoisotopic (exact) mass is 287 g/mol. The van der Waals surface area contributed by atoms with Gasteiger partial charge in [0.2, 0.25) is 4.73 Å². The third-order valence-corrected chi connectivity index (χ3v) is 1.96. The molecule has 0 N–H and O–H groups in total. The maximum atomic E-state index is 3.97. The first-order valence-corrected chi connectivity index (χ1v) is 3.79. The fourth-order valence-corrected chi connectivity index (χ4v) is 1.41. The molecule has 0 fully saturated rings. The molecule has 8 heavy (non-hydrogen) atoms. The first-order valence-electron chi connectivity index (χ1n) is 1.92. The second-order valence-corrected chi connectivity index (χ2v) is 2.95. The molecule has 44 valence electrons. The van der Waals surface area contributed by atoms with Gasteiger partial charge in [-0.15, -0.1) is 5.10 Å². The highest BCUT2D eigenvalue weighted by Crippen LogP contribution is 2.04. The molecule has 0 aliphatic carbocycles. The van der Waals surface area contributed by atoms with Gasteiger partial charge in [0.05, 0.1) is 0 Å². The maximum Gasteiger partial charge on any atom is 0.218 e.